The second-order valence-electron chi connectivity index (χ2n) is 5.50. The van der Waals surface area contributed by atoms with Crippen LogP contribution < -0.4 is 10.1 Å². The molecule has 0 amide bonds. The normalized spacial score (nSPS) is 25.5. The number of nitrogens with one attached hydrogen (secondary N) is 1. The Morgan fingerprint density at radius 3 is 2.74 bits per heavy atom. The largest absolute Gasteiger partial charge is 0.494 e. The first-order chi connectivity index (χ1) is 9.01. The van der Waals surface area contributed by atoms with Crippen LogP contribution in [0, 0.1) is 5.82 Å². The molecule has 1 aliphatic rings. The van der Waals surface area contributed by atoms with Crippen LogP contribution in [0.2, 0.25) is 0 Å². The number of benzene rings is 1. The summed E-state index contributed by atoms with van der Waals surface area (Å²) in [7, 11) is 3.62. The molecule has 3 unspecified atom stereocenters. The Morgan fingerprint density at radius 1 is 1.47 bits per heavy atom. The third kappa shape index (κ3) is 3.25. The van der Waals surface area contributed by atoms with Crippen LogP contribution in [0.25, 0.3) is 0 Å². The number of methoxy groups -OCH3 is 1. The molecule has 1 fully saturated rings. The molecule has 0 saturated carbocycles. The maximum atomic E-state index is 13.7. The van der Waals surface area contributed by atoms with Gasteiger partial charge in [-0.2, -0.15) is 0 Å². The summed E-state index contributed by atoms with van der Waals surface area (Å²) in [6.07, 6.45) is 1.14. The minimum atomic E-state index is -0.300. The third-order valence-corrected chi connectivity index (χ3v) is 4.05. The van der Waals surface area contributed by atoms with E-state index in [2.05, 4.69) is 31.1 Å². The molecule has 1 aromatic rings. The SMILES string of the molecule is COc1ccc(C(C)NC2CC(C)N(C)C2)cc1F. The van der Waals surface area contributed by atoms with Crippen molar-refractivity contribution < 1.29 is 9.13 Å². The van der Waals surface area contributed by atoms with Crippen molar-refractivity contribution in [3.8, 4) is 5.75 Å². The zero-order valence-electron chi connectivity index (χ0n) is 12.1. The third-order valence-electron chi connectivity index (χ3n) is 4.05. The number of hydrogen-bond acceptors (Lipinski definition) is 3. The van der Waals surface area contributed by atoms with Crippen LogP contribution in [-0.2, 0) is 0 Å². The number of likely N-dealkylation sites (N-methyl/N-ethyl adjacent to an activating group) is 1. The van der Waals surface area contributed by atoms with E-state index in [4.69, 9.17) is 4.74 Å². The fourth-order valence-electron chi connectivity index (χ4n) is 2.72. The molecule has 1 aliphatic heterocycles. The van der Waals surface area contributed by atoms with Gasteiger partial charge >= 0.3 is 0 Å². The lowest BCUT2D eigenvalue weighted by Gasteiger charge is -2.20. The molecule has 3 nitrogen and oxygen atoms in total. The number of nitrogens with zero attached hydrogens (tertiary/aromatic N) is 1. The van der Waals surface area contributed by atoms with Gasteiger partial charge in [0.1, 0.15) is 0 Å². The summed E-state index contributed by atoms with van der Waals surface area (Å²) < 4.78 is 18.6. The molecule has 4 heteroatoms. The smallest absolute Gasteiger partial charge is 0.165 e. The summed E-state index contributed by atoms with van der Waals surface area (Å²) in [5, 5.41) is 3.57. The van der Waals surface area contributed by atoms with E-state index in [-0.39, 0.29) is 11.9 Å². The monoisotopic (exact) mass is 266 g/mol. The van der Waals surface area contributed by atoms with Gasteiger partial charge in [-0.05, 0) is 45.0 Å². The first kappa shape index (κ1) is 14.3. The second kappa shape index (κ2) is 5.88. The summed E-state index contributed by atoms with van der Waals surface area (Å²) in [6, 6.07) is 6.38. The minimum Gasteiger partial charge on any atom is -0.494 e. The molecule has 0 aromatic heterocycles. The van der Waals surface area contributed by atoms with E-state index in [9.17, 15) is 4.39 Å². The van der Waals surface area contributed by atoms with Gasteiger partial charge in [-0.1, -0.05) is 6.07 Å². The second-order valence-corrected chi connectivity index (χ2v) is 5.50. The van der Waals surface area contributed by atoms with Crippen molar-refractivity contribution in [1.82, 2.24) is 10.2 Å². The van der Waals surface area contributed by atoms with Crippen molar-refractivity contribution in [2.24, 2.45) is 0 Å². The van der Waals surface area contributed by atoms with Crippen LogP contribution in [0.4, 0.5) is 4.39 Å². The number of halogens is 1. The highest BCUT2D eigenvalue weighted by molar-refractivity contribution is 5.30. The van der Waals surface area contributed by atoms with Crippen LogP contribution in [0.15, 0.2) is 18.2 Å². The van der Waals surface area contributed by atoms with Crippen molar-refractivity contribution in [2.75, 3.05) is 20.7 Å². The predicted octanol–water partition coefficient (Wildman–Crippen LogP) is 2.58. The lowest BCUT2D eigenvalue weighted by Crippen LogP contribution is -2.33. The van der Waals surface area contributed by atoms with Gasteiger partial charge in [0.05, 0.1) is 7.11 Å². The number of rotatable bonds is 4. The van der Waals surface area contributed by atoms with Crippen molar-refractivity contribution >= 4 is 0 Å². The van der Waals surface area contributed by atoms with E-state index in [1.807, 2.05) is 6.07 Å². The number of ether oxygens (including phenoxy) is 1. The van der Waals surface area contributed by atoms with Gasteiger partial charge in [-0.3, -0.25) is 0 Å². The average molecular weight is 266 g/mol. The Kier molecular flexibility index (Phi) is 4.42. The Morgan fingerprint density at radius 2 is 2.21 bits per heavy atom. The van der Waals surface area contributed by atoms with Crippen LogP contribution >= 0.6 is 0 Å². The molecule has 1 N–H and O–H groups in total. The molecule has 19 heavy (non-hydrogen) atoms. The summed E-state index contributed by atoms with van der Waals surface area (Å²) in [5.41, 5.74) is 0.959. The fourth-order valence-corrected chi connectivity index (χ4v) is 2.72. The molecule has 0 aliphatic carbocycles. The van der Waals surface area contributed by atoms with Crippen molar-refractivity contribution in [3.05, 3.63) is 29.6 Å². The van der Waals surface area contributed by atoms with Gasteiger partial charge in [0.25, 0.3) is 0 Å². The Bertz CT molecular complexity index is 428. The van der Waals surface area contributed by atoms with Gasteiger partial charge in [0, 0.05) is 24.7 Å². The fraction of sp³-hybridized carbons (Fsp3) is 0.600. The molecule has 0 radical (unpaired) electrons. The number of hydrogen-bond donors (Lipinski definition) is 1. The first-order valence-corrected chi connectivity index (χ1v) is 6.81. The predicted molar refractivity (Wildman–Crippen MR) is 75.0 cm³/mol. The summed E-state index contributed by atoms with van der Waals surface area (Å²) >= 11 is 0. The standard InChI is InChI=1S/C15H23FN2O/c1-10-7-13(9-18(10)3)17-11(2)12-5-6-15(19-4)14(16)8-12/h5-6,8,10-11,13,17H,7,9H2,1-4H3. The average Bonchev–Trinajstić information content (AvgIpc) is 2.68. The summed E-state index contributed by atoms with van der Waals surface area (Å²) in [6.45, 7) is 5.35. The molecule has 1 saturated heterocycles. The van der Waals surface area contributed by atoms with Gasteiger partial charge < -0.3 is 15.0 Å². The van der Waals surface area contributed by atoms with Crippen LogP contribution in [0.3, 0.4) is 0 Å². The topological polar surface area (TPSA) is 24.5 Å². The highest BCUT2D eigenvalue weighted by Gasteiger charge is 2.27. The Balaban J connectivity index is 2.00. The van der Waals surface area contributed by atoms with Gasteiger partial charge in [0.15, 0.2) is 11.6 Å². The molecular formula is C15H23FN2O. The lowest BCUT2D eigenvalue weighted by molar-refractivity contribution is 0.325. The minimum absolute atomic E-state index is 0.143. The van der Waals surface area contributed by atoms with Gasteiger partial charge in [-0.15, -0.1) is 0 Å². The Hall–Kier alpha value is -1.13. The Labute approximate surface area is 114 Å². The molecule has 3 atom stereocenters. The summed E-state index contributed by atoms with van der Waals surface area (Å²) in [5.74, 6) is -0.00395. The van der Waals surface area contributed by atoms with E-state index in [1.165, 1.54) is 7.11 Å². The zero-order valence-corrected chi connectivity index (χ0v) is 12.1. The molecule has 1 aromatic carbocycles. The van der Waals surface area contributed by atoms with E-state index in [1.54, 1.807) is 12.1 Å². The van der Waals surface area contributed by atoms with E-state index in [0.717, 1.165) is 18.5 Å². The number of likely N-dealkylation sites (tertiary alicyclic amines) is 1. The van der Waals surface area contributed by atoms with E-state index in [0.29, 0.717) is 17.8 Å². The quantitative estimate of drug-likeness (QED) is 0.906. The maximum absolute atomic E-state index is 13.7. The first-order valence-electron chi connectivity index (χ1n) is 6.81. The van der Waals surface area contributed by atoms with Gasteiger partial charge in [-0.25, -0.2) is 4.39 Å². The summed E-state index contributed by atoms with van der Waals surface area (Å²) in [4.78, 5) is 2.35. The van der Waals surface area contributed by atoms with E-state index >= 15 is 0 Å². The van der Waals surface area contributed by atoms with Gasteiger partial charge in [0.2, 0.25) is 0 Å². The van der Waals surface area contributed by atoms with Crippen molar-refractivity contribution in [1.29, 1.82) is 0 Å². The molecule has 0 spiro atoms. The molecule has 2 rings (SSSR count). The van der Waals surface area contributed by atoms with Crippen LogP contribution in [-0.4, -0.2) is 37.7 Å². The molecular weight excluding hydrogens is 243 g/mol. The van der Waals surface area contributed by atoms with Crippen LogP contribution in [0.1, 0.15) is 31.9 Å². The molecule has 0 bridgehead atoms. The highest BCUT2D eigenvalue weighted by atomic mass is 19.1. The highest BCUT2D eigenvalue weighted by Crippen LogP contribution is 2.23. The van der Waals surface area contributed by atoms with Crippen molar-refractivity contribution in [2.45, 2.75) is 38.4 Å². The molecule has 106 valence electrons. The van der Waals surface area contributed by atoms with Crippen LogP contribution in [0.5, 0.6) is 5.75 Å². The lowest BCUT2D eigenvalue weighted by atomic mass is 10.1. The van der Waals surface area contributed by atoms with Crippen molar-refractivity contribution in [3.63, 3.8) is 0 Å². The van der Waals surface area contributed by atoms with E-state index < -0.39 is 0 Å². The zero-order chi connectivity index (χ0) is 14.0. The molecule has 1 heterocycles. The maximum Gasteiger partial charge on any atom is 0.165 e.